The van der Waals surface area contributed by atoms with Crippen molar-refractivity contribution in [1.82, 2.24) is 10.2 Å². The summed E-state index contributed by atoms with van der Waals surface area (Å²) >= 11 is 0. The molecule has 1 atom stereocenters. The minimum absolute atomic E-state index is 0.0491. The van der Waals surface area contributed by atoms with Crippen molar-refractivity contribution in [3.8, 4) is 0 Å². The second-order valence-electron chi connectivity index (χ2n) is 4.91. The van der Waals surface area contributed by atoms with Gasteiger partial charge in [0.25, 0.3) is 0 Å². The lowest BCUT2D eigenvalue weighted by Crippen LogP contribution is -2.41. The molecule has 1 saturated heterocycles. The molecule has 1 aliphatic heterocycles. The second-order valence-corrected chi connectivity index (χ2v) is 4.91. The van der Waals surface area contributed by atoms with Crippen LogP contribution >= 0.6 is 0 Å². The first kappa shape index (κ1) is 12.0. The number of nitrogens with one attached hydrogen (secondary N) is 2. The van der Waals surface area contributed by atoms with Crippen molar-refractivity contribution < 1.29 is 4.79 Å². The topological polar surface area (TPSA) is 82.2 Å². The third-order valence-corrected chi connectivity index (χ3v) is 3.65. The lowest BCUT2D eigenvalue weighted by atomic mass is 10.1. The first-order valence-corrected chi connectivity index (χ1v) is 6.21. The Morgan fingerprint density at radius 2 is 2.12 bits per heavy atom. The predicted octanol–water partition coefficient (Wildman–Crippen LogP) is 0.774. The van der Waals surface area contributed by atoms with Crippen LogP contribution in [0.25, 0.3) is 0 Å². The highest BCUT2D eigenvalue weighted by Gasteiger charge is 2.32. The molecule has 17 heavy (non-hydrogen) atoms. The number of amides is 1. The molecule has 1 saturated carbocycles. The highest BCUT2D eigenvalue weighted by Crippen LogP contribution is 2.26. The van der Waals surface area contributed by atoms with E-state index in [0.29, 0.717) is 24.1 Å². The third kappa shape index (κ3) is 2.28. The number of carbonyl (C=O) groups excluding carboxylic acids is 1. The Balaban J connectivity index is 2.23. The van der Waals surface area contributed by atoms with Crippen molar-refractivity contribution in [2.45, 2.75) is 38.6 Å². The SMILES string of the molecule is CC1CN(C2CCCC2)C(=N)/C(=C\N)NC1=O. The van der Waals surface area contributed by atoms with Gasteiger partial charge in [0.15, 0.2) is 0 Å². The molecule has 1 unspecified atom stereocenters. The van der Waals surface area contributed by atoms with Crippen LogP contribution in [-0.4, -0.2) is 29.2 Å². The Kier molecular flexibility index (Phi) is 3.36. The van der Waals surface area contributed by atoms with Crippen molar-refractivity contribution in [2.75, 3.05) is 6.54 Å². The molecule has 94 valence electrons. The molecule has 2 fully saturated rings. The fourth-order valence-corrected chi connectivity index (χ4v) is 2.61. The third-order valence-electron chi connectivity index (χ3n) is 3.65. The molecule has 1 heterocycles. The van der Waals surface area contributed by atoms with Crippen LogP contribution in [0.15, 0.2) is 11.9 Å². The monoisotopic (exact) mass is 236 g/mol. The van der Waals surface area contributed by atoms with Crippen molar-refractivity contribution in [1.29, 1.82) is 5.41 Å². The molecule has 0 aromatic rings. The Labute approximate surface area is 102 Å². The van der Waals surface area contributed by atoms with Crippen LogP contribution in [0.2, 0.25) is 0 Å². The van der Waals surface area contributed by atoms with Gasteiger partial charge in [-0.25, -0.2) is 0 Å². The first-order chi connectivity index (χ1) is 8.13. The molecule has 0 bridgehead atoms. The van der Waals surface area contributed by atoms with Gasteiger partial charge in [-0.3, -0.25) is 10.2 Å². The molecule has 2 rings (SSSR count). The molecule has 0 radical (unpaired) electrons. The summed E-state index contributed by atoms with van der Waals surface area (Å²) in [7, 11) is 0. The van der Waals surface area contributed by atoms with Crippen molar-refractivity contribution in [3.05, 3.63) is 11.9 Å². The largest absolute Gasteiger partial charge is 0.403 e. The van der Waals surface area contributed by atoms with Crippen LogP contribution < -0.4 is 11.1 Å². The van der Waals surface area contributed by atoms with Gasteiger partial charge in [0.2, 0.25) is 5.91 Å². The molecule has 1 aliphatic carbocycles. The number of rotatable bonds is 1. The zero-order chi connectivity index (χ0) is 12.4. The summed E-state index contributed by atoms with van der Waals surface area (Å²) in [6.07, 6.45) is 5.97. The summed E-state index contributed by atoms with van der Waals surface area (Å²) in [6.45, 7) is 2.51. The molecule has 0 aromatic carbocycles. The number of hydrogen-bond donors (Lipinski definition) is 3. The van der Waals surface area contributed by atoms with Gasteiger partial charge in [-0.15, -0.1) is 0 Å². The van der Waals surface area contributed by atoms with Crippen LogP contribution in [0.1, 0.15) is 32.6 Å². The maximum Gasteiger partial charge on any atom is 0.229 e. The molecule has 0 spiro atoms. The van der Waals surface area contributed by atoms with Crippen molar-refractivity contribution >= 4 is 11.7 Å². The number of hydrogen-bond acceptors (Lipinski definition) is 3. The fraction of sp³-hybridized carbons (Fsp3) is 0.667. The number of carbonyl (C=O) groups is 1. The molecular formula is C12H20N4O. The molecule has 2 aliphatic rings. The summed E-state index contributed by atoms with van der Waals surface area (Å²) in [5.74, 6) is 0.206. The van der Waals surface area contributed by atoms with Gasteiger partial charge in [0.1, 0.15) is 5.84 Å². The minimum atomic E-state index is -0.103. The Morgan fingerprint density at radius 1 is 1.47 bits per heavy atom. The lowest BCUT2D eigenvalue weighted by Gasteiger charge is -2.30. The Hall–Kier alpha value is -1.52. The molecule has 5 nitrogen and oxygen atoms in total. The predicted molar refractivity (Wildman–Crippen MR) is 66.3 cm³/mol. The highest BCUT2D eigenvalue weighted by atomic mass is 16.2. The van der Waals surface area contributed by atoms with Gasteiger partial charge in [0.05, 0.1) is 11.6 Å². The molecular weight excluding hydrogens is 216 g/mol. The molecule has 5 heteroatoms. The highest BCUT2D eigenvalue weighted by molar-refractivity contribution is 6.01. The van der Waals surface area contributed by atoms with Crippen molar-refractivity contribution in [2.24, 2.45) is 11.7 Å². The second kappa shape index (κ2) is 4.77. The number of nitrogens with two attached hydrogens (primary N) is 1. The van der Waals surface area contributed by atoms with E-state index in [0.717, 1.165) is 12.8 Å². The number of amidine groups is 1. The maximum absolute atomic E-state index is 11.8. The number of nitrogens with zero attached hydrogens (tertiary/aromatic N) is 1. The van der Waals surface area contributed by atoms with Gasteiger partial charge >= 0.3 is 0 Å². The molecule has 1 amide bonds. The van der Waals surface area contributed by atoms with E-state index in [1.807, 2.05) is 11.8 Å². The van der Waals surface area contributed by atoms with E-state index in [1.54, 1.807) is 0 Å². The summed E-state index contributed by atoms with van der Waals surface area (Å²) < 4.78 is 0. The Bertz CT molecular complexity index is 358. The van der Waals surface area contributed by atoms with Crippen LogP contribution in [0.4, 0.5) is 0 Å². The fourth-order valence-electron chi connectivity index (χ4n) is 2.61. The van der Waals surface area contributed by atoms with Crippen LogP contribution in [0, 0.1) is 11.3 Å². The normalized spacial score (nSPS) is 29.6. The van der Waals surface area contributed by atoms with E-state index in [9.17, 15) is 4.79 Å². The van der Waals surface area contributed by atoms with E-state index in [-0.39, 0.29) is 11.8 Å². The quantitative estimate of drug-likeness (QED) is 0.629. The van der Waals surface area contributed by atoms with Gasteiger partial charge < -0.3 is 16.0 Å². The summed E-state index contributed by atoms with van der Waals surface area (Å²) in [5.41, 5.74) is 5.92. The van der Waals surface area contributed by atoms with Crippen LogP contribution in [0.3, 0.4) is 0 Å². The average Bonchev–Trinajstić information content (AvgIpc) is 2.81. The summed E-state index contributed by atoms with van der Waals surface area (Å²) in [4.78, 5) is 13.8. The standard InChI is InChI=1S/C12H20N4O/c1-8-7-16(9-4-2-3-5-9)11(14)10(6-13)15-12(8)17/h6,8-9,14H,2-5,7,13H2,1H3,(H,15,17)/b10-6+,14-11?. The lowest BCUT2D eigenvalue weighted by molar-refractivity contribution is -0.123. The first-order valence-electron chi connectivity index (χ1n) is 6.21. The van der Waals surface area contributed by atoms with Gasteiger partial charge in [-0.05, 0) is 12.8 Å². The average molecular weight is 236 g/mol. The maximum atomic E-state index is 11.8. The zero-order valence-corrected chi connectivity index (χ0v) is 10.2. The van der Waals surface area contributed by atoms with E-state index >= 15 is 0 Å². The van der Waals surface area contributed by atoms with Crippen LogP contribution in [0.5, 0.6) is 0 Å². The van der Waals surface area contributed by atoms with Crippen molar-refractivity contribution in [3.63, 3.8) is 0 Å². The molecule has 4 N–H and O–H groups in total. The van der Waals surface area contributed by atoms with E-state index in [2.05, 4.69) is 5.32 Å². The summed E-state index contributed by atoms with van der Waals surface area (Å²) in [6, 6.07) is 0.396. The molecule has 0 aromatic heterocycles. The Morgan fingerprint density at radius 3 is 2.71 bits per heavy atom. The van der Waals surface area contributed by atoms with Crippen LogP contribution in [-0.2, 0) is 4.79 Å². The summed E-state index contributed by atoms with van der Waals surface area (Å²) in [5, 5.41) is 10.9. The van der Waals surface area contributed by atoms with Gasteiger partial charge in [0, 0.05) is 18.8 Å². The zero-order valence-electron chi connectivity index (χ0n) is 10.2. The van der Waals surface area contributed by atoms with Gasteiger partial charge in [-0.1, -0.05) is 19.8 Å². The smallest absolute Gasteiger partial charge is 0.229 e. The van der Waals surface area contributed by atoms with E-state index in [4.69, 9.17) is 11.1 Å². The van der Waals surface area contributed by atoms with Gasteiger partial charge in [-0.2, -0.15) is 0 Å². The van der Waals surface area contributed by atoms with E-state index < -0.39 is 0 Å². The van der Waals surface area contributed by atoms with E-state index in [1.165, 1.54) is 19.0 Å². The minimum Gasteiger partial charge on any atom is -0.403 e.